The van der Waals surface area contributed by atoms with Gasteiger partial charge in [0.1, 0.15) is 0 Å². The minimum Gasteiger partial charge on any atom is -0.0996 e. The maximum atomic E-state index is 4.44. The van der Waals surface area contributed by atoms with Crippen LogP contribution in [0.3, 0.4) is 0 Å². The van der Waals surface area contributed by atoms with E-state index in [0.29, 0.717) is 16.2 Å². The Morgan fingerprint density at radius 1 is 0.950 bits per heavy atom. The van der Waals surface area contributed by atoms with Crippen molar-refractivity contribution >= 4 is 0 Å². The Hall–Kier alpha value is -0.260. The molecular weight excluding hydrogens is 244 g/mol. The fourth-order valence-corrected chi connectivity index (χ4v) is 7.68. The first-order valence-electron chi connectivity index (χ1n) is 9.05. The zero-order chi connectivity index (χ0) is 14.2. The van der Waals surface area contributed by atoms with Crippen molar-refractivity contribution in [1.82, 2.24) is 0 Å². The van der Waals surface area contributed by atoms with E-state index < -0.39 is 0 Å². The lowest BCUT2D eigenvalue weighted by atomic mass is 9.72. The number of allylic oxidation sites excluding steroid dienone is 1. The average molecular weight is 276 g/mol. The normalized spacial score (nSPS) is 53.4. The summed E-state index contributed by atoms with van der Waals surface area (Å²) in [6, 6.07) is 0. The van der Waals surface area contributed by atoms with Crippen LogP contribution in [0.4, 0.5) is 0 Å². The third-order valence-corrected chi connectivity index (χ3v) is 8.36. The van der Waals surface area contributed by atoms with Gasteiger partial charge in [-0.05, 0) is 85.4 Å². The summed E-state index contributed by atoms with van der Waals surface area (Å²) in [5.74, 6) is 2.87. The minimum absolute atomic E-state index is 0.584. The van der Waals surface area contributed by atoms with Gasteiger partial charge in [0.25, 0.3) is 0 Å². The van der Waals surface area contributed by atoms with E-state index in [9.17, 15) is 0 Å². The molecule has 0 aromatic heterocycles. The summed E-state index contributed by atoms with van der Waals surface area (Å²) in [6.45, 7) is 12.2. The van der Waals surface area contributed by atoms with E-state index in [1.54, 1.807) is 5.57 Å². The zero-order valence-corrected chi connectivity index (χ0v) is 13.8. The molecule has 4 fully saturated rings. The van der Waals surface area contributed by atoms with Gasteiger partial charge < -0.3 is 0 Å². The first kappa shape index (κ1) is 13.4. The van der Waals surface area contributed by atoms with E-state index in [2.05, 4.69) is 27.4 Å². The maximum Gasteiger partial charge on any atom is -0.0200 e. The van der Waals surface area contributed by atoms with Crippen molar-refractivity contribution in [2.75, 3.05) is 0 Å². The average Bonchev–Trinajstić information content (AvgIpc) is 2.58. The lowest BCUT2D eigenvalue weighted by molar-refractivity contribution is -0.144. The Morgan fingerprint density at radius 2 is 1.75 bits per heavy atom. The summed E-state index contributed by atoms with van der Waals surface area (Å²) in [6.07, 6.45) is 13.3. The van der Waals surface area contributed by atoms with E-state index in [-0.39, 0.29) is 0 Å². The molecule has 0 aliphatic heterocycles. The highest BCUT2D eigenvalue weighted by Crippen LogP contribution is 2.72. The van der Waals surface area contributed by atoms with Gasteiger partial charge in [-0.3, -0.25) is 0 Å². The molecule has 0 saturated heterocycles. The van der Waals surface area contributed by atoms with Crippen molar-refractivity contribution < 1.29 is 0 Å². The first-order valence-corrected chi connectivity index (χ1v) is 9.05. The summed E-state index contributed by atoms with van der Waals surface area (Å²) in [7, 11) is 0. The van der Waals surface area contributed by atoms with Crippen LogP contribution in [-0.2, 0) is 0 Å². The van der Waals surface area contributed by atoms with Crippen LogP contribution in [0.2, 0.25) is 0 Å². The molecule has 0 radical (unpaired) electrons. The summed E-state index contributed by atoms with van der Waals surface area (Å²) < 4.78 is 0. The van der Waals surface area contributed by atoms with Gasteiger partial charge in [0, 0.05) is 0 Å². The summed E-state index contributed by atoms with van der Waals surface area (Å²) in [5, 5.41) is 0. The highest BCUT2D eigenvalue weighted by atomic mass is 15.1. The second kappa shape index (κ2) is 3.93. The molecule has 0 heterocycles. The van der Waals surface area contributed by atoms with Gasteiger partial charge in [-0.1, -0.05) is 39.3 Å². The fourth-order valence-electron chi connectivity index (χ4n) is 7.68. The van der Waals surface area contributed by atoms with Crippen molar-refractivity contribution in [3.63, 3.8) is 0 Å². The van der Waals surface area contributed by atoms with E-state index in [1.807, 2.05) is 0 Å². The van der Waals surface area contributed by atoms with Crippen LogP contribution in [0, 0.1) is 34.0 Å². The third kappa shape index (κ3) is 1.54. The molecule has 4 aliphatic rings. The molecule has 4 rings (SSSR count). The van der Waals surface area contributed by atoms with Crippen LogP contribution in [-0.4, -0.2) is 0 Å². The fraction of sp³-hybridized carbons (Fsp3) is 0.900. The Bertz CT molecular complexity index is 445. The topological polar surface area (TPSA) is 0 Å². The number of fused-ring (bicyclic) bond motifs is 3. The summed E-state index contributed by atoms with van der Waals surface area (Å²) in [4.78, 5) is 0. The molecule has 0 aromatic rings. The van der Waals surface area contributed by atoms with Crippen molar-refractivity contribution in [2.24, 2.45) is 34.0 Å². The lowest BCUT2D eigenvalue weighted by Gasteiger charge is -2.64. The molecular formula is C20H32. The highest BCUT2D eigenvalue weighted by molar-refractivity contribution is 5.22. The molecule has 5 atom stereocenters. The zero-order valence-electron chi connectivity index (χ0n) is 13.8. The number of rotatable bonds is 0. The van der Waals surface area contributed by atoms with Gasteiger partial charge in [-0.15, -0.1) is 0 Å². The monoisotopic (exact) mass is 276 g/mol. The number of hydrogen-bond acceptors (Lipinski definition) is 0. The third-order valence-electron chi connectivity index (χ3n) is 8.36. The predicted octanol–water partition coefficient (Wildman–Crippen LogP) is 5.98. The van der Waals surface area contributed by atoms with E-state index in [1.165, 1.54) is 57.8 Å². The Morgan fingerprint density at radius 3 is 2.55 bits per heavy atom. The summed E-state index contributed by atoms with van der Waals surface area (Å²) in [5.41, 5.74) is 3.51. The van der Waals surface area contributed by atoms with Crippen LogP contribution < -0.4 is 0 Å². The second-order valence-corrected chi connectivity index (χ2v) is 9.67. The molecule has 0 heteroatoms. The van der Waals surface area contributed by atoms with Gasteiger partial charge in [0.2, 0.25) is 0 Å². The quantitative estimate of drug-likeness (QED) is 0.377. The van der Waals surface area contributed by atoms with E-state index >= 15 is 0 Å². The van der Waals surface area contributed by atoms with Crippen LogP contribution in [0.25, 0.3) is 0 Å². The Labute approximate surface area is 125 Å². The van der Waals surface area contributed by atoms with Gasteiger partial charge in [-0.25, -0.2) is 0 Å². The predicted molar refractivity (Wildman–Crippen MR) is 85.5 cm³/mol. The Kier molecular flexibility index (Phi) is 2.63. The van der Waals surface area contributed by atoms with Crippen LogP contribution in [0.1, 0.15) is 78.6 Å². The van der Waals surface area contributed by atoms with Crippen molar-refractivity contribution in [2.45, 2.75) is 78.6 Å². The molecule has 1 spiro atoms. The highest BCUT2D eigenvalue weighted by Gasteiger charge is 2.62. The van der Waals surface area contributed by atoms with Crippen molar-refractivity contribution in [3.05, 3.63) is 12.2 Å². The maximum absolute atomic E-state index is 4.44. The van der Waals surface area contributed by atoms with Crippen LogP contribution >= 0.6 is 0 Å². The number of hydrogen-bond donors (Lipinski definition) is 0. The van der Waals surface area contributed by atoms with Crippen LogP contribution in [0.15, 0.2) is 12.2 Å². The molecule has 2 bridgehead atoms. The van der Waals surface area contributed by atoms with Gasteiger partial charge in [0.05, 0.1) is 0 Å². The molecule has 20 heavy (non-hydrogen) atoms. The van der Waals surface area contributed by atoms with Gasteiger partial charge in [-0.2, -0.15) is 0 Å². The molecule has 4 saturated carbocycles. The summed E-state index contributed by atoms with van der Waals surface area (Å²) >= 11 is 0. The molecule has 0 aromatic carbocycles. The molecule has 112 valence electrons. The Balaban J connectivity index is 1.74. The largest absolute Gasteiger partial charge is 0.0996 e. The van der Waals surface area contributed by atoms with E-state index in [4.69, 9.17) is 0 Å². The second-order valence-electron chi connectivity index (χ2n) is 9.67. The van der Waals surface area contributed by atoms with E-state index in [0.717, 1.165) is 17.8 Å². The smallest absolute Gasteiger partial charge is 0.0200 e. The van der Waals surface area contributed by atoms with Crippen LogP contribution in [0.5, 0.6) is 0 Å². The molecule has 0 unspecified atom stereocenters. The standard InChI is InChI=1S/C20H32/c1-14-12-20-11-8-16-18(2,3)9-5-10-19(16,4)17(20)7-6-15(14)13-20/h15-17H,1,5-13H2,2-4H3/t15-,16-,17+,19-,20-/m1/s1/i14+1,18+1,19+1,20+1. The first-order chi connectivity index (χ1) is 9.37. The van der Waals surface area contributed by atoms with Gasteiger partial charge >= 0.3 is 0 Å². The SMILES string of the molecule is C=[13C]1C[13C@@]23CC[C@@H]4[13C](C)(C)CCC[13C@@]4(C)[C@@H]2CC[C@@H]1C3. The van der Waals surface area contributed by atoms with Crippen molar-refractivity contribution in [1.29, 1.82) is 0 Å². The molecule has 0 amide bonds. The molecule has 0 nitrogen and oxygen atoms in total. The van der Waals surface area contributed by atoms with Crippen molar-refractivity contribution in [3.8, 4) is 0 Å². The minimum atomic E-state index is 0.584. The van der Waals surface area contributed by atoms with Gasteiger partial charge in [0.15, 0.2) is 0 Å². The molecule has 0 N–H and O–H groups in total. The molecule has 4 aliphatic carbocycles. The lowest BCUT2D eigenvalue weighted by Crippen LogP contribution is -2.55.